The summed E-state index contributed by atoms with van der Waals surface area (Å²) in [5.41, 5.74) is 0.701. The normalized spacial score (nSPS) is 15.4. The van der Waals surface area contributed by atoms with Gasteiger partial charge < -0.3 is 19.9 Å². The van der Waals surface area contributed by atoms with Crippen LogP contribution in [-0.2, 0) is 14.3 Å². The lowest BCUT2D eigenvalue weighted by atomic mass is 10.3. The van der Waals surface area contributed by atoms with Crippen LogP contribution in [0.3, 0.4) is 0 Å². The van der Waals surface area contributed by atoms with Crippen LogP contribution in [0.5, 0.6) is 0 Å². The molecule has 0 unspecified atom stereocenters. The second-order valence-corrected chi connectivity index (χ2v) is 6.17. The van der Waals surface area contributed by atoms with Gasteiger partial charge in [0.05, 0.1) is 25.4 Å². The van der Waals surface area contributed by atoms with E-state index < -0.39 is 0 Å². The molecule has 1 heterocycles. The number of amides is 2. The zero-order valence-electron chi connectivity index (χ0n) is 12.6. The number of nitrogens with zero attached hydrogens (tertiary/aromatic N) is 1. The highest BCUT2D eigenvalue weighted by Gasteiger charge is 2.21. The highest BCUT2D eigenvalue weighted by atomic mass is 79.9. The number of ether oxygens (including phenoxy) is 1. The van der Waals surface area contributed by atoms with Gasteiger partial charge in [0.15, 0.2) is 6.54 Å². The summed E-state index contributed by atoms with van der Waals surface area (Å²) in [7, 11) is 1.65. The van der Waals surface area contributed by atoms with Gasteiger partial charge in [-0.2, -0.15) is 0 Å². The summed E-state index contributed by atoms with van der Waals surface area (Å²) in [4.78, 5) is 26.8. The summed E-state index contributed by atoms with van der Waals surface area (Å²) in [6.07, 6.45) is 0. The number of rotatable bonds is 5. The molecule has 0 atom stereocenters. The Labute approximate surface area is 138 Å². The number of hydrogen-bond acceptors (Lipinski definition) is 3. The van der Waals surface area contributed by atoms with Gasteiger partial charge in [0, 0.05) is 11.5 Å². The number of likely N-dealkylation sites (N-methyl/N-ethyl adjacent to an activating group) is 1. The van der Waals surface area contributed by atoms with Gasteiger partial charge in [0.1, 0.15) is 13.1 Å². The van der Waals surface area contributed by atoms with Crippen molar-refractivity contribution in [1.82, 2.24) is 4.90 Å². The van der Waals surface area contributed by atoms with Gasteiger partial charge in [-0.1, -0.05) is 12.1 Å². The third kappa shape index (κ3) is 5.08. The Morgan fingerprint density at radius 2 is 2.00 bits per heavy atom. The van der Waals surface area contributed by atoms with Crippen molar-refractivity contribution >= 4 is 33.4 Å². The highest BCUT2D eigenvalue weighted by Crippen LogP contribution is 2.20. The predicted molar refractivity (Wildman–Crippen MR) is 86.8 cm³/mol. The van der Waals surface area contributed by atoms with Crippen LogP contribution >= 0.6 is 15.9 Å². The minimum absolute atomic E-state index is 0.0285. The SMILES string of the molecule is CN(CC(=O)Nc1ccccc1Br)C(=O)C[NH+]1CCOCC1. The van der Waals surface area contributed by atoms with E-state index in [1.165, 1.54) is 9.80 Å². The molecule has 2 amide bonds. The van der Waals surface area contributed by atoms with Crippen molar-refractivity contribution in [2.45, 2.75) is 0 Å². The van der Waals surface area contributed by atoms with Crippen molar-refractivity contribution in [3.05, 3.63) is 28.7 Å². The third-order valence-corrected chi connectivity index (χ3v) is 4.25. The van der Waals surface area contributed by atoms with Crippen molar-refractivity contribution < 1.29 is 19.2 Å². The monoisotopic (exact) mass is 370 g/mol. The van der Waals surface area contributed by atoms with E-state index in [4.69, 9.17) is 4.74 Å². The average molecular weight is 371 g/mol. The Bertz CT molecular complexity index is 533. The molecule has 120 valence electrons. The summed E-state index contributed by atoms with van der Waals surface area (Å²) in [5.74, 6) is -0.237. The van der Waals surface area contributed by atoms with Crippen molar-refractivity contribution in [3.8, 4) is 0 Å². The molecule has 0 saturated carbocycles. The molecule has 1 aliphatic heterocycles. The molecule has 0 radical (unpaired) electrons. The minimum Gasteiger partial charge on any atom is -0.370 e. The second kappa shape index (κ2) is 8.26. The number of hydrogen-bond donors (Lipinski definition) is 2. The minimum atomic E-state index is -0.209. The van der Waals surface area contributed by atoms with Gasteiger partial charge >= 0.3 is 0 Å². The van der Waals surface area contributed by atoms with Crippen molar-refractivity contribution in [3.63, 3.8) is 0 Å². The molecular weight excluding hydrogens is 350 g/mol. The molecule has 0 aromatic heterocycles. The van der Waals surface area contributed by atoms with Crippen molar-refractivity contribution in [2.24, 2.45) is 0 Å². The van der Waals surface area contributed by atoms with Crippen molar-refractivity contribution in [1.29, 1.82) is 0 Å². The molecule has 2 N–H and O–H groups in total. The fraction of sp³-hybridized carbons (Fsp3) is 0.467. The van der Waals surface area contributed by atoms with E-state index in [-0.39, 0.29) is 18.4 Å². The topological polar surface area (TPSA) is 63.1 Å². The fourth-order valence-corrected chi connectivity index (χ4v) is 2.63. The highest BCUT2D eigenvalue weighted by molar-refractivity contribution is 9.10. The van der Waals surface area contributed by atoms with Crippen LogP contribution in [0, 0.1) is 0 Å². The Morgan fingerprint density at radius 1 is 1.32 bits per heavy atom. The second-order valence-electron chi connectivity index (χ2n) is 5.32. The standard InChI is InChI=1S/C15H20BrN3O3/c1-18(15(21)11-19-6-8-22-9-7-19)10-14(20)17-13-5-3-2-4-12(13)16/h2-5H,6-11H2,1H3,(H,17,20)/p+1. The van der Waals surface area contributed by atoms with Gasteiger partial charge in [-0.05, 0) is 28.1 Å². The predicted octanol–water partition coefficient (Wildman–Crippen LogP) is -0.239. The molecule has 1 fully saturated rings. The Kier molecular flexibility index (Phi) is 6.35. The molecule has 1 saturated heterocycles. The zero-order valence-corrected chi connectivity index (χ0v) is 14.2. The summed E-state index contributed by atoms with van der Waals surface area (Å²) in [6.45, 7) is 3.50. The quantitative estimate of drug-likeness (QED) is 0.751. The van der Waals surface area contributed by atoms with Crippen LogP contribution in [0.4, 0.5) is 5.69 Å². The molecule has 7 heteroatoms. The molecule has 1 aliphatic rings. The summed E-state index contributed by atoms with van der Waals surface area (Å²) < 4.78 is 6.08. The van der Waals surface area contributed by atoms with Crippen LogP contribution in [0.2, 0.25) is 0 Å². The van der Waals surface area contributed by atoms with E-state index in [0.717, 1.165) is 17.6 Å². The van der Waals surface area contributed by atoms with Gasteiger partial charge in [-0.25, -0.2) is 0 Å². The van der Waals surface area contributed by atoms with E-state index in [2.05, 4.69) is 21.2 Å². The first-order chi connectivity index (χ1) is 10.6. The first-order valence-corrected chi connectivity index (χ1v) is 8.05. The smallest absolute Gasteiger partial charge is 0.277 e. The largest absolute Gasteiger partial charge is 0.370 e. The van der Waals surface area contributed by atoms with Crippen molar-refractivity contribution in [2.75, 3.05) is 51.8 Å². The molecule has 22 heavy (non-hydrogen) atoms. The number of para-hydroxylation sites is 1. The number of carbonyl (C=O) groups excluding carboxylic acids is 2. The Balaban J connectivity index is 1.80. The number of quaternary nitrogens is 1. The average Bonchev–Trinajstić information content (AvgIpc) is 2.50. The molecule has 1 aromatic rings. The van der Waals surface area contributed by atoms with E-state index in [1.54, 1.807) is 7.05 Å². The molecular formula is C15H21BrN3O3+. The van der Waals surface area contributed by atoms with Gasteiger partial charge in [-0.15, -0.1) is 0 Å². The fourth-order valence-electron chi connectivity index (χ4n) is 2.24. The van der Waals surface area contributed by atoms with Gasteiger partial charge in [0.25, 0.3) is 5.91 Å². The first-order valence-electron chi connectivity index (χ1n) is 7.26. The van der Waals surface area contributed by atoms with Crippen LogP contribution in [0.15, 0.2) is 28.7 Å². The third-order valence-electron chi connectivity index (χ3n) is 3.56. The van der Waals surface area contributed by atoms with E-state index in [9.17, 15) is 9.59 Å². The number of anilines is 1. The number of halogens is 1. The molecule has 2 rings (SSSR count). The van der Waals surface area contributed by atoms with E-state index >= 15 is 0 Å². The lowest BCUT2D eigenvalue weighted by Crippen LogP contribution is -3.15. The summed E-state index contributed by atoms with van der Waals surface area (Å²) in [6, 6.07) is 7.38. The maximum atomic E-state index is 12.1. The number of carbonyl (C=O) groups is 2. The van der Waals surface area contributed by atoms with Gasteiger partial charge in [0.2, 0.25) is 5.91 Å². The van der Waals surface area contributed by atoms with E-state index in [1.807, 2.05) is 24.3 Å². The summed E-state index contributed by atoms with van der Waals surface area (Å²) in [5, 5.41) is 2.79. The van der Waals surface area contributed by atoms with Crippen LogP contribution in [0.25, 0.3) is 0 Å². The Hall–Kier alpha value is -1.44. The molecule has 0 spiro atoms. The van der Waals surface area contributed by atoms with Crippen LogP contribution in [-0.4, -0.2) is 63.2 Å². The summed E-state index contributed by atoms with van der Waals surface area (Å²) >= 11 is 3.38. The van der Waals surface area contributed by atoms with E-state index in [0.29, 0.717) is 25.4 Å². The lowest BCUT2D eigenvalue weighted by Gasteiger charge is -2.25. The number of nitrogens with one attached hydrogen (secondary N) is 2. The Morgan fingerprint density at radius 3 is 2.68 bits per heavy atom. The molecule has 1 aromatic carbocycles. The molecule has 6 nitrogen and oxygen atoms in total. The van der Waals surface area contributed by atoms with Crippen LogP contribution in [0.1, 0.15) is 0 Å². The first kappa shape index (κ1) is 16.9. The number of benzene rings is 1. The number of morpholine rings is 1. The lowest BCUT2D eigenvalue weighted by molar-refractivity contribution is -0.900. The zero-order chi connectivity index (χ0) is 15.9. The van der Waals surface area contributed by atoms with Crippen LogP contribution < -0.4 is 10.2 Å². The molecule has 0 aliphatic carbocycles. The maximum absolute atomic E-state index is 12.1. The van der Waals surface area contributed by atoms with Gasteiger partial charge in [-0.3, -0.25) is 9.59 Å². The maximum Gasteiger partial charge on any atom is 0.277 e. The molecule has 0 bridgehead atoms.